The zero-order valence-corrected chi connectivity index (χ0v) is 13.8. The van der Waals surface area contributed by atoms with Crippen LogP contribution in [0.1, 0.15) is 36.3 Å². The minimum Gasteiger partial charge on any atom is -0.304 e. The first kappa shape index (κ1) is 15.4. The molecule has 0 unspecified atom stereocenters. The van der Waals surface area contributed by atoms with Gasteiger partial charge in [0, 0.05) is 36.5 Å². The van der Waals surface area contributed by atoms with E-state index in [9.17, 15) is 0 Å². The molecule has 1 aromatic rings. The number of nitrogens with zero attached hydrogens (tertiary/aromatic N) is 4. The van der Waals surface area contributed by atoms with Gasteiger partial charge in [0.2, 0.25) is 0 Å². The van der Waals surface area contributed by atoms with Gasteiger partial charge in [-0.25, -0.2) is 4.98 Å². The topological polar surface area (TPSA) is 43.2 Å². The molecule has 1 aliphatic heterocycles. The smallest absolute Gasteiger partial charge is 0.107 e. The summed E-state index contributed by atoms with van der Waals surface area (Å²) in [6.07, 6.45) is 0.479. The van der Waals surface area contributed by atoms with Crippen molar-refractivity contribution in [2.75, 3.05) is 33.2 Å². The van der Waals surface area contributed by atoms with Crippen LogP contribution in [0.3, 0.4) is 0 Å². The lowest BCUT2D eigenvalue weighted by Crippen LogP contribution is -2.43. The lowest BCUT2D eigenvalue weighted by molar-refractivity contribution is 0.148. The Morgan fingerprint density at radius 3 is 2.45 bits per heavy atom. The average Bonchev–Trinajstić information content (AvgIpc) is 2.75. The fraction of sp³-hybridized carbons (Fsp3) is 0.733. The zero-order chi connectivity index (χ0) is 14.8. The van der Waals surface area contributed by atoms with Crippen LogP contribution in [0.5, 0.6) is 0 Å². The highest BCUT2D eigenvalue weighted by Gasteiger charge is 2.24. The average molecular weight is 292 g/mol. The Labute approximate surface area is 126 Å². The van der Waals surface area contributed by atoms with Crippen molar-refractivity contribution >= 4 is 11.3 Å². The van der Waals surface area contributed by atoms with E-state index in [0.717, 1.165) is 48.3 Å². The SMILES string of the molecule is CN1CCN(Cc2nc(C(C)(C)C)c(CC#N)s2)CC1. The van der Waals surface area contributed by atoms with Crippen molar-refractivity contribution < 1.29 is 0 Å². The predicted octanol–water partition coefficient (Wildman–Crippen LogP) is 2.25. The van der Waals surface area contributed by atoms with Crippen LogP contribution in [0, 0.1) is 11.3 Å². The van der Waals surface area contributed by atoms with Gasteiger partial charge in [-0.2, -0.15) is 5.26 Å². The van der Waals surface area contributed by atoms with Crippen LogP contribution in [0.4, 0.5) is 0 Å². The normalized spacial score (nSPS) is 18.1. The highest BCUT2D eigenvalue weighted by molar-refractivity contribution is 7.11. The zero-order valence-electron chi connectivity index (χ0n) is 12.9. The second-order valence-corrected chi connectivity index (χ2v) is 7.71. The number of nitriles is 1. The Kier molecular flexibility index (Phi) is 4.79. The number of thiazole rings is 1. The molecule has 0 atom stereocenters. The summed E-state index contributed by atoms with van der Waals surface area (Å²) in [5.74, 6) is 0. The van der Waals surface area contributed by atoms with Crippen molar-refractivity contribution in [1.29, 1.82) is 5.26 Å². The van der Waals surface area contributed by atoms with E-state index in [2.05, 4.69) is 43.7 Å². The summed E-state index contributed by atoms with van der Waals surface area (Å²) in [6.45, 7) is 11.9. The largest absolute Gasteiger partial charge is 0.304 e. The molecule has 1 fully saturated rings. The Morgan fingerprint density at radius 1 is 1.25 bits per heavy atom. The quantitative estimate of drug-likeness (QED) is 0.857. The van der Waals surface area contributed by atoms with E-state index < -0.39 is 0 Å². The maximum atomic E-state index is 8.98. The molecule has 2 heterocycles. The first-order chi connectivity index (χ1) is 9.40. The molecule has 4 nitrogen and oxygen atoms in total. The highest BCUT2D eigenvalue weighted by atomic mass is 32.1. The number of hydrogen-bond acceptors (Lipinski definition) is 5. The molecule has 0 amide bonds. The van der Waals surface area contributed by atoms with Crippen LogP contribution in [-0.4, -0.2) is 48.0 Å². The van der Waals surface area contributed by atoms with Crippen LogP contribution >= 0.6 is 11.3 Å². The molecule has 0 saturated carbocycles. The third-order valence-corrected chi connectivity index (χ3v) is 4.69. The summed E-state index contributed by atoms with van der Waals surface area (Å²) in [7, 11) is 2.17. The second-order valence-electron chi connectivity index (χ2n) is 6.54. The van der Waals surface area contributed by atoms with E-state index in [1.165, 1.54) is 0 Å². The third-order valence-electron chi connectivity index (χ3n) is 3.65. The van der Waals surface area contributed by atoms with Crippen molar-refractivity contribution in [1.82, 2.24) is 14.8 Å². The van der Waals surface area contributed by atoms with Gasteiger partial charge in [-0.05, 0) is 7.05 Å². The molecule has 1 saturated heterocycles. The lowest BCUT2D eigenvalue weighted by atomic mass is 9.91. The monoisotopic (exact) mass is 292 g/mol. The van der Waals surface area contributed by atoms with E-state index in [4.69, 9.17) is 10.2 Å². The summed E-state index contributed by atoms with van der Waals surface area (Å²) in [4.78, 5) is 10.8. The van der Waals surface area contributed by atoms with Gasteiger partial charge in [0.05, 0.1) is 24.7 Å². The van der Waals surface area contributed by atoms with Gasteiger partial charge in [-0.15, -0.1) is 11.3 Å². The Bertz CT molecular complexity index is 487. The number of rotatable bonds is 3. The molecule has 1 aromatic heterocycles. The van der Waals surface area contributed by atoms with Crippen LogP contribution in [0.15, 0.2) is 0 Å². The predicted molar refractivity (Wildman–Crippen MR) is 82.9 cm³/mol. The molecule has 0 radical (unpaired) electrons. The van der Waals surface area contributed by atoms with E-state index >= 15 is 0 Å². The van der Waals surface area contributed by atoms with Gasteiger partial charge in [-0.1, -0.05) is 20.8 Å². The van der Waals surface area contributed by atoms with Gasteiger partial charge in [-0.3, -0.25) is 4.90 Å². The van der Waals surface area contributed by atoms with Crippen molar-refractivity contribution in [3.8, 4) is 6.07 Å². The first-order valence-corrected chi connectivity index (χ1v) is 7.98. The fourth-order valence-corrected chi connectivity index (χ4v) is 3.70. The van der Waals surface area contributed by atoms with Gasteiger partial charge in [0.1, 0.15) is 5.01 Å². The molecular formula is C15H24N4S. The van der Waals surface area contributed by atoms with Gasteiger partial charge in [0.25, 0.3) is 0 Å². The van der Waals surface area contributed by atoms with E-state index in [1.807, 2.05) is 0 Å². The van der Waals surface area contributed by atoms with Crippen molar-refractivity contribution in [3.05, 3.63) is 15.6 Å². The Hall–Kier alpha value is -0.960. The highest BCUT2D eigenvalue weighted by Crippen LogP contribution is 2.30. The molecule has 20 heavy (non-hydrogen) atoms. The standard InChI is InChI=1S/C15H24N4S/c1-15(2,3)14-12(5-6-16)20-13(17-14)11-19-9-7-18(4)8-10-19/h5,7-11H2,1-4H3. The minimum absolute atomic E-state index is 0.0169. The number of hydrogen-bond donors (Lipinski definition) is 0. The Morgan fingerprint density at radius 2 is 1.90 bits per heavy atom. The van der Waals surface area contributed by atoms with Gasteiger partial charge >= 0.3 is 0 Å². The summed E-state index contributed by atoms with van der Waals surface area (Å²) in [5, 5.41) is 10.1. The van der Waals surface area contributed by atoms with Crippen LogP contribution in [-0.2, 0) is 18.4 Å². The molecular weight excluding hydrogens is 268 g/mol. The molecule has 2 rings (SSSR count). The second kappa shape index (κ2) is 6.21. The molecule has 0 bridgehead atoms. The maximum absolute atomic E-state index is 8.98. The fourth-order valence-electron chi connectivity index (χ4n) is 2.44. The molecule has 0 spiro atoms. The molecule has 110 valence electrons. The molecule has 5 heteroatoms. The van der Waals surface area contributed by atoms with Crippen molar-refractivity contribution in [3.63, 3.8) is 0 Å². The Balaban J connectivity index is 2.11. The molecule has 0 N–H and O–H groups in total. The summed E-state index contributed by atoms with van der Waals surface area (Å²) in [6, 6.07) is 2.27. The molecule has 0 aromatic carbocycles. The van der Waals surface area contributed by atoms with Crippen molar-refractivity contribution in [2.45, 2.75) is 39.2 Å². The number of piperazine rings is 1. The van der Waals surface area contributed by atoms with Gasteiger partial charge < -0.3 is 4.90 Å². The number of aromatic nitrogens is 1. The van der Waals surface area contributed by atoms with Gasteiger partial charge in [0.15, 0.2) is 0 Å². The maximum Gasteiger partial charge on any atom is 0.107 e. The number of likely N-dealkylation sites (N-methyl/N-ethyl adjacent to an activating group) is 1. The first-order valence-electron chi connectivity index (χ1n) is 7.17. The van der Waals surface area contributed by atoms with Crippen molar-refractivity contribution in [2.24, 2.45) is 0 Å². The molecule has 1 aliphatic rings. The van der Waals surface area contributed by atoms with Crippen LogP contribution in [0.2, 0.25) is 0 Å². The van der Waals surface area contributed by atoms with Crippen LogP contribution < -0.4 is 0 Å². The summed E-state index contributed by atoms with van der Waals surface area (Å²) >= 11 is 1.72. The van der Waals surface area contributed by atoms with E-state index in [1.54, 1.807) is 11.3 Å². The molecule has 0 aliphatic carbocycles. The third kappa shape index (κ3) is 3.78. The van der Waals surface area contributed by atoms with E-state index in [0.29, 0.717) is 6.42 Å². The van der Waals surface area contributed by atoms with Crippen LogP contribution in [0.25, 0.3) is 0 Å². The minimum atomic E-state index is 0.0169. The van der Waals surface area contributed by atoms with E-state index in [-0.39, 0.29) is 5.41 Å². The lowest BCUT2D eigenvalue weighted by Gasteiger charge is -2.31. The summed E-state index contributed by atoms with van der Waals surface area (Å²) < 4.78 is 0. The summed E-state index contributed by atoms with van der Waals surface area (Å²) in [5.41, 5.74) is 1.12.